The molecule has 0 aliphatic carbocycles. The Bertz CT molecular complexity index is 339. The number of rotatable bonds is 4. The van der Waals surface area contributed by atoms with E-state index in [1.54, 1.807) is 12.5 Å². The fraction of sp³-hybridized carbons (Fsp3) is 0.333. The van der Waals surface area contributed by atoms with Crippen molar-refractivity contribution in [3.8, 4) is 0 Å². The van der Waals surface area contributed by atoms with Crippen molar-refractivity contribution < 1.29 is 8.83 Å². The van der Waals surface area contributed by atoms with Crippen LogP contribution in [-0.4, -0.2) is 0 Å². The van der Waals surface area contributed by atoms with Crippen molar-refractivity contribution in [3.05, 3.63) is 48.3 Å². The molecule has 0 aromatic carbocycles. The molecule has 0 radical (unpaired) electrons. The van der Waals surface area contributed by atoms with Gasteiger partial charge in [0.2, 0.25) is 0 Å². The minimum atomic E-state index is 0.181. The second-order valence-corrected chi connectivity index (χ2v) is 3.64. The fourth-order valence-electron chi connectivity index (χ4n) is 1.61. The molecular weight excluding hydrogens is 190 g/mol. The van der Waals surface area contributed by atoms with Crippen molar-refractivity contribution in [2.75, 3.05) is 0 Å². The first-order valence-electron chi connectivity index (χ1n) is 5.10. The van der Waals surface area contributed by atoms with E-state index < -0.39 is 0 Å². The van der Waals surface area contributed by atoms with Crippen LogP contribution in [0.5, 0.6) is 0 Å². The molecule has 0 bridgehead atoms. The quantitative estimate of drug-likeness (QED) is 0.832. The monoisotopic (exact) mass is 205 g/mol. The zero-order valence-corrected chi connectivity index (χ0v) is 8.94. The van der Waals surface area contributed by atoms with E-state index >= 15 is 0 Å². The standard InChI is InChI=1S/C12H15NO2/c1-9(11-5-3-7-14-11)13-10(2)12-6-4-8-15-12/h3-10,13H,1-2H3/t9-,10?/m0/s1. The molecule has 0 spiro atoms. The summed E-state index contributed by atoms with van der Waals surface area (Å²) < 4.78 is 10.6. The molecule has 3 heteroatoms. The van der Waals surface area contributed by atoms with Gasteiger partial charge in [0.1, 0.15) is 11.5 Å². The summed E-state index contributed by atoms with van der Waals surface area (Å²) in [6.45, 7) is 4.14. The van der Waals surface area contributed by atoms with Crippen molar-refractivity contribution in [1.82, 2.24) is 5.32 Å². The van der Waals surface area contributed by atoms with Crippen LogP contribution in [0, 0.1) is 0 Å². The zero-order valence-electron chi connectivity index (χ0n) is 8.94. The van der Waals surface area contributed by atoms with Gasteiger partial charge >= 0.3 is 0 Å². The van der Waals surface area contributed by atoms with Gasteiger partial charge in [0.05, 0.1) is 24.6 Å². The lowest BCUT2D eigenvalue weighted by molar-refractivity contribution is 0.366. The van der Waals surface area contributed by atoms with Crippen LogP contribution in [0.25, 0.3) is 0 Å². The molecule has 80 valence electrons. The molecule has 2 rings (SSSR count). The van der Waals surface area contributed by atoms with Crippen molar-refractivity contribution in [2.24, 2.45) is 0 Å². The topological polar surface area (TPSA) is 38.3 Å². The summed E-state index contributed by atoms with van der Waals surface area (Å²) in [5.74, 6) is 1.88. The van der Waals surface area contributed by atoms with Gasteiger partial charge in [0.15, 0.2) is 0 Å². The van der Waals surface area contributed by atoms with Crippen molar-refractivity contribution in [3.63, 3.8) is 0 Å². The van der Waals surface area contributed by atoms with E-state index in [0.717, 1.165) is 11.5 Å². The average molecular weight is 205 g/mol. The van der Waals surface area contributed by atoms with Gasteiger partial charge in [0.25, 0.3) is 0 Å². The normalized spacial score (nSPS) is 15.1. The predicted molar refractivity (Wildman–Crippen MR) is 57.4 cm³/mol. The van der Waals surface area contributed by atoms with Crippen molar-refractivity contribution in [1.29, 1.82) is 0 Å². The van der Waals surface area contributed by atoms with Gasteiger partial charge in [-0.05, 0) is 38.1 Å². The molecule has 15 heavy (non-hydrogen) atoms. The second-order valence-electron chi connectivity index (χ2n) is 3.64. The third-order valence-electron chi connectivity index (χ3n) is 2.44. The van der Waals surface area contributed by atoms with Crippen LogP contribution in [0.3, 0.4) is 0 Å². The highest BCUT2D eigenvalue weighted by Gasteiger charge is 2.14. The van der Waals surface area contributed by atoms with Gasteiger partial charge in [0, 0.05) is 0 Å². The maximum atomic E-state index is 5.32. The van der Waals surface area contributed by atoms with Gasteiger partial charge in [-0.1, -0.05) is 0 Å². The van der Waals surface area contributed by atoms with Crippen LogP contribution in [-0.2, 0) is 0 Å². The maximum absolute atomic E-state index is 5.32. The second kappa shape index (κ2) is 4.36. The first-order chi connectivity index (χ1) is 7.27. The summed E-state index contributed by atoms with van der Waals surface area (Å²) in [6.07, 6.45) is 3.37. The lowest BCUT2D eigenvalue weighted by Crippen LogP contribution is -2.21. The van der Waals surface area contributed by atoms with Crippen LogP contribution < -0.4 is 5.32 Å². The molecule has 0 fully saturated rings. The number of furan rings is 2. The lowest BCUT2D eigenvalue weighted by atomic mass is 10.2. The van der Waals surface area contributed by atoms with Gasteiger partial charge in [-0.3, -0.25) is 5.32 Å². The minimum absolute atomic E-state index is 0.181. The summed E-state index contributed by atoms with van der Waals surface area (Å²) >= 11 is 0. The Morgan fingerprint density at radius 2 is 1.40 bits per heavy atom. The van der Waals surface area contributed by atoms with Gasteiger partial charge < -0.3 is 8.83 Å². The van der Waals surface area contributed by atoms with E-state index in [9.17, 15) is 0 Å². The molecule has 1 N–H and O–H groups in total. The third-order valence-corrected chi connectivity index (χ3v) is 2.44. The summed E-state index contributed by atoms with van der Waals surface area (Å²) in [5, 5.41) is 3.40. The number of hydrogen-bond donors (Lipinski definition) is 1. The molecule has 0 aliphatic heterocycles. The van der Waals surface area contributed by atoms with E-state index in [2.05, 4.69) is 19.2 Å². The highest BCUT2D eigenvalue weighted by atomic mass is 16.3. The minimum Gasteiger partial charge on any atom is -0.468 e. The van der Waals surface area contributed by atoms with Gasteiger partial charge in [-0.25, -0.2) is 0 Å². The Balaban J connectivity index is 1.98. The Morgan fingerprint density at radius 3 is 1.73 bits per heavy atom. The average Bonchev–Trinajstić information content (AvgIpc) is 2.91. The molecule has 2 atom stereocenters. The summed E-state index contributed by atoms with van der Waals surface area (Å²) in [4.78, 5) is 0. The first kappa shape index (κ1) is 10.1. The Hall–Kier alpha value is -1.48. The highest BCUT2D eigenvalue weighted by molar-refractivity contribution is 5.07. The van der Waals surface area contributed by atoms with Crippen LogP contribution in [0.15, 0.2) is 45.6 Å². The lowest BCUT2D eigenvalue weighted by Gasteiger charge is -2.16. The molecule has 2 aromatic rings. The van der Waals surface area contributed by atoms with E-state index in [1.807, 2.05) is 24.3 Å². The fourth-order valence-corrected chi connectivity index (χ4v) is 1.61. The molecular formula is C12H15NO2. The SMILES string of the molecule is CC(N[C@@H](C)c1ccco1)c1ccco1. The molecule has 0 saturated heterocycles. The predicted octanol–water partition coefficient (Wildman–Crippen LogP) is 3.28. The van der Waals surface area contributed by atoms with Crippen LogP contribution in [0.4, 0.5) is 0 Å². The Kier molecular flexibility index (Phi) is 2.92. The molecule has 0 saturated carbocycles. The summed E-state index contributed by atoms with van der Waals surface area (Å²) in [6, 6.07) is 8.08. The van der Waals surface area contributed by atoms with Crippen LogP contribution in [0.1, 0.15) is 37.5 Å². The summed E-state index contributed by atoms with van der Waals surface area (Å²) in [7, 11) is 0. The molecule has 3 nitrogen and oxygen atoms in total. The molecule has 0 amide bonds. The largest absolute Gasteiger partial charge is 0.468 e. The van der Waals surface area contributed by atoms with Crippen molar-refractivity contribution >= 4 is 0 Å². The number of nitrogens with one attached hydrogen (secondary N) is 1. The molecule has 2 aromatic heterocycles. The van der Waals surface area contributed by atoms with Crippen LogP contribution >= 0.6 is 0 Å². The van der Waals surface area contributed by atoms with Gasteiger partial charge in [-0.2, -0.15) is 0 Å². The van der Waals surface area contributed by atoms with E-state index in [-0.39, 0.29) is 12.1 Å². The van der Waals surface area contributed by atoms with Crippen LogP contribution in [0.2, 0.25) is 0 Å². The third kappa shape index (κ3) is 2.30. The van der Waals surface area contributed by atoms with Gasteiger partial charge in [-0.15, -0.1) is 0 Å². The molecule has 1 unspecified atom stereocenters. The maximum Gasteiger partial charge on any atom is 0.120 e. The number of hydrogen-bond acceptors (Lipinski definition) is 3. The molecule has 2 heterocycles. The Morgan fingerprint density at radius 1 is 0.933 bits per heavy atom. The molecule has 0 aliphatic rings. The van der Waals surface area contributed by atoms with E-state index in [1.165, 1.54) is 0 Å². The van der Waals surface area contributed by atoms with E-state index in [4.69, 9.17) is 8.83 Å². The highest BCUT2D eigenvalue weighted by Crippen LogP contribution is 2.19. The van der Waals surface area contributed by atoms with Crippen molar-refractivity contribution in [2.45, 2.75) is 25.9 Å². The zero-order chi connectivity index (χ0) is 10.7. The Labute approximate surface area is 89.1 Å². The van der Waals surface area contributed by atoms with E-state index in [0.29, 0.717) is 0 Å². The first-order valence-corrected chi connectivity index (χ1v) is 5.10. The summed E-state index contributed by atoms with van der Waals surface area (Å²) in [5.41, 5.74) is 0. The smallest absolute Gasteiger partial charge is 0.120 e.